The molecule has 35 heavy (non-hydrogen) atoms. The Hall–Kier alpha value is -2.53. The lowest BCUT2D eigenvalue weighted by molar-refractivity contribution is 0.0951. The fourth-order valence-electron chi connectivity index (χ4n) is 6.02. The molecule has 2 bridgehead atoms. The lowest BCUT2D eigenvalue weighted by atomic mass is 9.62. The molecule has 5 nitrogen and oxygen atoms in total. The van der Waals surface area contributed by atoms with Crippen LogP contribution in [0.2, 0.25) is 0 Å². The highest BCUT2D eigenvalue weighted by atomic mass is 16.6. The predicted octanol–water partition coefficient (Wildman–Crippen LogP) is 5.57. The molecule has 190 valence electrons. The zero-order chi connectivity index (χ0) is 24.9. The van der Waals surface area contributed by atoms with Gasteiger partial charge in [0.1, 0.15) is 6.61 Å². The molecule has 1 saturated carbocycles. The lowest BCUT2D eigenvalue weighted by Gasteiger charge is -2.46. The fourth-order valence-corrected chi connectivity index (χ4v) is 6.02. The number of piperazine rings is 1. The average molecular weight is 478 g/mol. The Morgan fingerprint density at radius 3 is 2.54 bits per heavy atom. The van der Waals surface area contributed by atoms with Gasteiger partial charge in [-0.25, -0.2) is 4.79 Å². The molecule has 5 heteroatoms. The highest BCUT2D eigenvalue weighted by molar-refractivity contribution is 5.67. The molecule has 0 spiro atoms. The van der Waals surface area contributed by atoms with E-state index in [1.165, 1.54) is 11.3 Å². The van der Waals surface area contributed by atoms with E-state index < -0.39 is 0 Å². The fraction of sp³-hybridized carbons (Fsp3) is 0.567. The van der Waals surface area contributed by atoms with Gasteiger partial charge in [-0.15, -0.1) is 0 Å². The predicted molar refractivity (Wildman–Crippen MR) is 143 cm³/mol. The Bertz CT molecular complexity index is 946. The number of hydrogen-bond acceptors (Lipinski definition) is 4. The van der Waals surface area contributed by atoms with Gasteiger partial charge in [-0.2, -0.15) is 0 Å². The highest BCUT2D eigenvalue weighted by Gasteiger charge is 2.39. The van der Waals surface area contributed by atoms with Crippen molar-refractivity contribution in [1.82, 2.24) is 14.7 Å². The van der Waals surface area contributed by atoms with E-state index in [0.717, 1.165) is 57.7 Å². The topological polar surface area (TPSA) is 36.0 Å². The van der Waals surface area contributed by atoms with Gasteiger partial charge >= 0.3 is 6.09 Å². The number of hydrogen-bond donors (Lipinski definition) is 0. The van der Waals surface area contributed by atoms with Gasteiger partial charge in [-0.3, -0.25) is 4.90 Å². The van der Waals surface area contributed by atoms with Crippen LogP contribution >= 0.6 is 0 Å². The molecule has 1 aromatic rings. The van der Waals surface area contributed by atoms with Crippen LogP contribution in [0.1, 0.15) is 39.2 Å². The molecular formula is C30H43N3O2. The number of amides is 1. The van der Waals surface area contributed by atoms with E-state index in [2.05, 4.69) is 49.3 Å². The third-order valence-corrected chi connectivity index (χ3v) is 8.33. The van der Waals surface area contributed by atoms with Gasteiger partial charge in [0.2, 0.25) is 0 Å². The van der Waals surface area contributed by atoms with Gasteiger partial charge in [0, 0.05) is 52.0 Å². The van der Waals surface area contributed by atoms with E-state index in [1.54, 1.807) is 10.5 Å². The van der Waals surface area contributed by atoms with Crippen LogP contribution in [0.5, 0.6) is 0 Å². The third kappa shape index (κ3) is 6.38. The largest absolute Gasteiger partial charge is 0.445 e. The van der Waals surface area contributed by atoms with Crippen molar-refractivity contribution in [1.29, 1.82) is 0 Å². The Morgan fingerprint density at radius 1 is 1.14 bits per heavy atom. The van der Waals surface area contributed by atoms with Gasteiger partial charge in [-0.1, -0.05) is 68.0 Å². The summed E-state index contributed by atoms with van der Waals surface area (Å²) in [5.74, 6) is 2.32. The van der Waals surface area contributed by atoms with E-state index in [0.29, 0.717) is 30.3 Å². The normalized spacial score (nSPS) is 26.6. The molecule has 2 aliphatic carbocycles. The summed E-state index contributed by atoms with van der Waals surface area (Å²) in [7, 11) is 1.86. The Kier molecular flexibility index (Phi) is 8.38. The van der Waals surface area contributed by atoms with Crippen LogP contribution in [0.25, 0.3) is 0 Å². The molecule has 1 saturated heterocycles. The van der Waals surface area contributed by atoms with Gasteiger partial charge in [-0.05, 0) is 55.1 Å². The first-order chi connectivity index (χ1) is 16.8. The van der Waals surface area contributed by atoms with Gasteiger partial charge < -0.3 is 14.5 Å². The van der Waals surface area contributed by atoms with Crippen molar-refractivity contribution in [3.8, 4) is 0 Å². The molecule has 0 N–H and O–H groups in total. The van der Waals surface area contributed by atoms with Crippen molar-refractivity contribution in [2.75, 3.05) is 46.3 Å². The van der Waals surface area contributed by atoms with Crippen molar-refractivity contribution in [3.63, 3.8) is 0 Å². The van der Waals surface area contributed by atoms with E-state index in [-0.39, 0.29) is 6.09 Å². The summed E-state index contributed by atoms with van der Waals surface area (Å²) in [4.78, 5) is 19.4. The van der Waals surface area contributed by atoms with Crippen molar-refractivity contribution in [3.05, 3.63) is 71.5 Å². The van der Waals surface area contributed by atoms with Crippen molar-refractivity contribution >= 4 is 6.09 Å². The van der Waals surface area contributed by atoms with Crippen LogP contribution in [0.3, 0.4) is 0 Å². The maximum absolute atomic E-state index is 12.6. The summed E-state index contributed by atoms with van der Waals surface area (Å²) in [6.45, 7) is 17.4. The van der Waals surface area contributed by atoms with E-state index in [1.807, 2.05) is 37.4 Å². The molecule has 2 fully saturated rings. The Labute approximate surface area is 212 Å². The van der Waals surface area contributed by atoms with Crippen LogP contribution in [0.15, 0.2) is 65.9 Å². The Morgan fingerprint density at radius 2 is 1.86 bits per heavy atom. The van der Waals surface area contributed by atoms with Crippen molar-refractivity contribution < 1.29 is 9.53 Å². The summed E-state index contributed by atoms with van der Waals surface area (Å²) in [5.41, 5.74) is 5.29. The second kappa shape index (κ2) is 11.5. The van der Waals surface area contributed by atoms with E-state index >= 15 is 0 Å². The summed E-state index contributed by atoms with van der Waals surface area (Å²) in [6, 6.07) is 9.87. The molecule has 1 aliphatic heterocycles. The number of benzene rings is 1. The minimum absolute atomic E-state index is 0.238. The number of nitrogens with zero attached hydrogens (tertiary/aromatic N) is 3. The first-order valence-corrected chi connectivity index (χ1v) is 13.3. The molecule has 3 aliphatic rings. The molecule has 4 atom stereocenters. The summed E-state index contributed by atoms with van der Waals surface area (Å²) in [6.07, 6.45) is 6.96. The lowest BCUT2D eigenvalue weighted by Crippen LogP contribution is -2.47. The molecule has 1 amide bonds. The number of rotatable bonds is 8. The molecule has 1 aromatic carbocycles. The average Bonchev–Trinajstić information content (AvgIpc) is 2.86. The molecular weight excluding hydrogens is 434 g/mol. The van der Waals surface area contributed by atoms with Gasteiger partial charge in [0.05, 0.1) is 0 Å². The van der Waals surface area contributed by atoms with Gasteiger partial charge in [0.15, 0.2) is 0 Å². The van der Waals surface area contributed by atoms with Crippen LogP contribution < -0.4 is 0 Å². The zero-order valence-corrected chi connectivity index (χ0v) is 22.1. The van der Waals surface area contributed by atoms with Crippen LogP contribution in [0, 0.1) is 23.7 Å². The quantitative estimate of drug-likeness (QED) is 0.459. The number of fused-ring (bicyclic) bond motifs is 2. The molecule has 4 rings (SSSR count). The standard InChI is InChI=1S/C30H43N3O2/c1-22(2)20-32-13-15-33(16-14-32)28-18-26-17-27(19-28)29(24(4)23(26)3)11-12-31(5)30(34)35-21-25-9-7-6-8-10-25/h6-10,18-19,23-24,27,29H,1,11-17,20-21H2,2-5H3/t23?,24-,27?,29?/m1/s1. The first kappa shape index (κ1) is 25.6. The Balaban J connectivity index is 1.34. The second-order valence-electron chi connectivity index (χ2n) is 11.0. The second-order valence-corrected chi connectivity index (χ2v) is 11.0. The van der Waals surface area contributed by atoms with E-state index in [4.69, 9.17) is 4.74 Å². The number of ether oxygens (including phenoxy) is 1. The molecule has 0 radical (unpaired) electrons. The maximum atomic E-state index is 12.6. The minimum atomic E-state index is -0.238. The SMILES string of the molecule is C=C(C)CN1CCN(C2=CC3CC(=C2)C(C)[C@@H](C)C3CCN(C)C(=O)OCc2ccccc2)CC1. The number of carbonyl (C=O) groups is 1. The smallest absolute Gasteiger partial charge is 0.409 e. The monoisotopic (exact) mass is 477 g/mol. The summed E-state index contributed by atoms with van der Waals surface area (Å²) in [5, 5.41) is 0. The van der Waals surface area contributed by atoms with Crippen molar-refractivity contribution in [2.45, 2.75) is 40.2 Å². The van der Waals surface area contributed by atoms with E-state index in [9.17, 15) is 4.79 Å². The maximum Gasteiger partial charge on any atom is 0.409 e. The van der Waals surface area contributed by atoms with Crippen LogP contribution in [-0.4, -0.2) is 67.1 Å². The zero-order valence-electron chi connectivity index (χ0n) is 22.1. The molecule has 3 unspecified atom stereocenters. The highest BCUT2D eigenvalue weighted by Crippen LogP contribution is 2.47. The minimum Gasteiger partial charge on any atom is -0.445 e. The number of carbonyl (C=O) groups excluding carboxylic acids is 1. The van der Waals surface area contributed by atoms with Crippen molar-refractivity contribution in [2.24, 2.45) is 23.7 Å². The van der Waals surface area contributed by atoms with Crippen LogP contribution in [0.4, 0.5) is 4.79 Å². The number of allylic oxidation sites excluding steroid dienone is 3. The van der Waals surface area contributed by atoms with Crippen LogP contribution in [-0.2, 0) is 11.3 Å². The third-order valence-electron chi connectivity index (χ3n) is 8.33. The summed E-state index contributed by atoms with van der Waals surface area (Å²) >= 11 is 0. The summed E-state index contributed by atoms with van der Waals surface area (Å²) < 4.78 is 5.54. The molecule has 1 heterocycles. The molecule has 0 aromatic heterocycles. The van der Waals surface area contributed by atoms with Gasteiger partial charge in [0.25, 0.3) is 0 Å². The first-order valence-electron chi connectivity index (χ1n) is 13.3.